The van der Waals surface area contributed by atoms with E-state index >= 15 is 0 Å². The van der Waals surface area contributed by atoms with Crippen molar-refractivity contribution in [2.24, 2.45) is 0 Å². The Morgan fingerprint density at radius 3 is 3.06 bits per heavy atom. The highest BCUT2D eigenvalue weighted by Crippen LogP contribution is 2.29. The van der Waals surface area contributed by atoms with Gasteiger partial charge >= 0.3 is 5.97 Å². The van der Waals surface area contributed by atoms with Crippen LogP contribution in [-0.4, -0.2) is 17.6 Å². The first-order valence-corrected chi connectivity index (χ1v) is 5.79. The lowest BCUT2D eigenvalue weighted by molar-refractivity contribution is -0.137. The maximum atomic E-state index is 10.8. The van der Waals surface area contributed by atoms with Crippen LogP contribution in [0, 0.1) is 0 Å². The Labute approximate surface area is 95.5 Å². The van der Waals surface area contributed by atoms with Crippen LogP contribution in [0.2, 0.25) is 0 Å². The highest BCUT2D eigenvalue weighted by Gasteiger charge is 2.16. The molecular weight excluding hydrogens is 202 g/mol. The summed E-state index contributed by atoms with van der Waals surface area (Å²) in [5.41, 5.74) is 3.68. The van der Waals surface area contributed by atoms with Crippen LogP contribution < -0.4 is 5.32 Å². The van der Waals surface area contributed by atoms with Gasteiger partial charge in [-0.05, 0) is 36.0 Å². The number of aliphatic carboxylic acids is 1. The normalized spacial score (nSPS) is 15.3. The van der Waals surface area contributed by atoms with Crippen LogP contribution in [0.4, 0.5) is 5.69 Å². The first-order valence-electron chi connectivity index (χ1n) is 5.79. The van der Waals surface area contributed by atoms with Crippen LogP contribution in [-0.2, 0) is 11.2 Å². The molecule has 3 heteroatoms. The smallest absolute Gasteiger partial charge is 0.303 e. The quantitative estimate of drug-likeness (QED) is 0.818. The average molecular weight is 219 g/mol. The summed E-state index contributed by atoms with van der Waals surface area (Å²) in [6.45, 7) is 3.04. The fraction of sp³-hybridized carbons (Fsp3) is 0.462. The van der Waals surface area contributed by atoms with Crippen LogP contribution >= 0.6 is 0 Å². The summed E-state index contributed by atoms with van der Waals surface area (Å²) in [4.78, 5) is 10.8. The largest absolute Gasteiger partial charge is 0.481 e. The summed E-state index contributed by atoms with van der Waals surface area (Å²) in [7, 11) is 0. The monoisotopic (exact) mass is 219 g/mol. The maximum Gasteiger partial charge on any atom is 0.303 e. The van der Waals surface area contributed by atoms with Crippen molar-refractivity contribution in [1.29, 1.82) is 0 Å². The van der Waals surface area contributed by atoms with Crippen molar-refractivity contribution in [3.63, 3.8) is 0 Å². The highest BCUT2D eigenvalue weighted by atomic mass is 16.4. The number of nitrogens with one attached hydrogen (secondary N) is 1. The Hall–Kier alpha value is -1.51. The van der Waals surface area contributed by atoms with Crippen molar-refractivity contribution in [2.75, 3.05) is 11.9 Å². The summed E-state index contributed by atoms with van der Waals surface area (Å²) < 4.78 is 0. The Morgan fingerprint density at radius 1 is 1.56 bits per heavy atom. The molecule has 0 fully saturated rings. The molecule has 2 N–H and O–H groups in total. The molecule has 16 heavy (non-hydrogen) atoms. The molecule has 0 saturated heterocycles. The molecule has 86 valence electrons. The van der Waals surface area contributed by atoms with Gasteiger partial charge in [-0.2, -0.15) is 0 Å². The molecule has 0 saturated carbocycles. The lowest BCUT2D eigenvalue weighted by Gasteiger charge is -2.14. The van der Waals surface area contributed by atoms with Gasteiger partial charge in [-0.1, -0.05) is 19.1 Å². The molecule has 1 aromatic carbocycles. The molecule has 2 rings (SSSR count). The van der Waals surface area contributed by atoms with E-state index < -0.39 is 5.97 Å². The van der Waals surface area contributed by atoms with E-state index in [1.807, 2.05) is 13.0 Å². The van der Waals surface area contributed by atoms with Crippen LogP contribution in [0.25, 0.3) is 0 Å². The SMILES string of the molecule is CC[C@H](CC(=O)O)c1ccc2c(c1)CCN2. The Balaban J connectivity index is 2.21. The van der Waals surface area contributed by atoms with E-state index in [0.717, 1.165) is 24.9 Å². The molecule has 1 aliphatic rings. The van der Waals surface area contributed by atoms with E-state index in [1.165, 1.54) is 11.3 Å². The zero-order valence-electron chi connectivity index (χ0n) is 9.49. The number of carboxylic acids is 1. The number of hydrogen-bond acceptors (Lipinski definition) is 2. The minimum atomic E-state index is -0.717. The van der Waals surface area contributed by atoms with E-state index in [4.69, 9.17) is 5.11 Å². The summed E-state index contributed by atoms with van der Waals surface area (Å²) >= 11 is 0. The lowest BCUT2D eigenvalue weighted by atomic mass is 9.91. The van der Waals surface area contributed by atoms with Gasteiger partial charge in [0.15, 0.2) is 0 Å². The molecule has 3 nitrogen and oxygen atoms in total. The zero-order valence-corrected chi connectivity index (χ0v) is 9.49. The molecule has 1 atom stereocenters. The molecule has 1 aromatic rings. The number of fused-ring (bicyclic) bond motifs is 1. The topological polar surface area (TPSA) is 49.3 Å². The van der Waals surface area contributed by atoms with Crippen molar-refractivity contribution in [3.8, 4) is 0 Å². The van der Waals surface area contributed by atoms with Crippen molar-refractivity contribution >= 4 is 11.7 Å². The number of hydrogen-bond donors (Lipinski definition) is 2. The van der Waals surface area contributed by atoms with E-state index in [1.54, 1.807) is 0 Å². The second-order valence-corrected chi connectivity index (χ2v) is 4.30. The molecule has 0 radical (unpaired) electrons. The third kappa shape index (κ3) is 2.18. The molecule has 0 amide bonds. The van der Waals surface area contributed by atoms with E-state index in [0.29, 0.717) is 0 Å². The molecule has 0 bridgehead atoms. The number of carboxylic acid groups (broad SMARTS) is 1. The first-order chi connectivity index (χ1) is 7.70. The second-order valence-electron chi connectivity index (χ2n) is 4.30. The first kappa shape index (κ1) is 11.0. The Morgan fingerprint density at radius 2 is 2.38 bits per heavy atom. The van der Waals surface area contributed by atoms with Gasteiger partial charge in [0.25, 0.3) is 0 Å². The van der Waals surface area contributed by atoms with Crippen molar-refractivity contribution < 1.29 is 9.90 Å². The third-order valence-corrected chi connectivity index (χ3v) is 3.22. The average Bonchev–Trinajstić information content (AvgIpc) is 2.72. The van der Waals surface area contributed by atoms with Crippen molar-refractivity contribution in [1.82, 2.24) is 0 Å². The van der Waals surface area contributed by atoms with Gasteiger partial charge in [-0.25, -0.2) is 0 Å². The fourth-order valence-electron chi connectivity index (χ4n) is 2.29. The summed E-state index contributed by atoms with van der Waals surface area (Å²) in [6, 6.07) is 6.28. The molecule has 0 unspecified atom stereocenters. The van der Waals surface area contributed by atoms with E-state index in [9.17, 15) is 4.79 Å². The summed E-state index contributed by atoms with van der Waals surface area (Å²) in [6.07, 6.45) is 2.15. The number of carbonyl (C=O) groups is 1. The molecule has 1 heterocycles. The van der Waals surface area contributed by atoms with E-state index in [-0.39, 0.29) is 12.3 Å². The van der Waals surface area contributed by atoms with Gasteiger partial charge < -0.3 is 10.4 Å². The Kier molecular flexibility index (Phi) is 3.13. The lowest BCUT2D eigenvalue weighted by Crippen LogP contribution is -2.05. The van der Waals surface area contributed by atoms with Crippen LogP contribution in [0.3, 0.4) is 0 Å². The predicted octanol–water partition coefficient (Wildman–Crippen LogP) is 2.62. The van der Waals surface area contributed by atoms with Crippen LogP contribution in [0.5, 0.6) is 0 Å². The summed E-state index contributed by atoms with van der Waals surface area (Å²) in [5, 5.41) is 12.2. The van der Waals surface area contributed by atoms with Gasteiger partial charge in [0, 0.05) is 12.2 Å². The van der Waals surface area contributed by atoms with Gasteiger partial charge in [-0.3, -0.25) is 4.79 Å². The third-order valence-electron chi connectivity index (χ3n) is 3.22. The number of rotatable bonds is 4. The van der Waals surface area contributed by atoms with Gasteiger partial charge in [0.1, 0.15) is 0 Å². The maximum absolute atomic E-state index is 10.8. The van der Waals surface area contributed by atoms with Crippen LogP contribution in [0.15, 0.2) is 18.2 Å². The van der Waals surface area contributed by atoms with Gasteiger partial charge in [-0.15, -0.1) is 0 Å². The van der Waals surface area contributed by atoms with Gasteiger partial charge in [0.05, 0.1) is 6.42 Å². The van der Waals surface area contributed by atoms with E-state index in [2.05, 4.69) is 17.4 Å². The van der Waals surface area contributed by atoms with Crippen molar-refractivity contribution in [2.45, 2.75) is 32.1 Å². The van der Waals surface area contributed by atoms with Gasteiger partial charge in [0.2, 0.25) is 0 Å². The summed E-state index contributed by atoms with van der Waals surface area (Å²) in [5.74, 6) is -0.575. The molecule has 0 aliphatic carbocycles. The zero-order chi connectivity index (χ0) is 11.5. The number of anilines is 1. The Bertz CT molecular complexity index is 401. The van der Waals surface area contributed by atoms with Crippen molar-refractivity contribution in [3.05, 3.63) is 29.3 Å². The molecule has 1 aliphatic heterocycles. The minimum absolute atomic E-state index is 0.142. The predicted molar refractivity (Wildman–Crippen MR) is 63.9 cm³/mol. The number of benzene rings is 1. The second kappa shape index (κ2) is 4.56. The van der Waals surface area contributed by atoms with Crippen LogP contribution in [0.1, 0.15) is 36.8 Å². The molecular formula is C13H17NO2. The minimum Gasteiger partial charge on any atom is -0.481 e. The molecule has 0 spiro atoms. The standard InChI is InChI=1S/C13H17NO2/c1-2-9(8-13(15)16)10-3-4-12-11(7-10)5-6-14-12/h3-4,7,9,14H,2,5-6,8H2,1H3,(H,15,16)/t9-/m1/s1. The fourth-order valence-corrected chi connectivity index (χ4v) is 2.29. The highest BCUT2D eigenvalue weighted by molar-refractivity contribution is 5.68. The molecule has 0 aromatic heterocycles.